The van der Waals surface area contributed by atoms with Gasteiger partial charge in [0.25, 0.3) is 0 Å². The van der Waals surface area contributed by atoms with E-state index in [1.807, 2.05) is 0 Å². The summed E-state index contributed by atoms with van der Waals surface area (Å²) in [5, 5.41) is 0. The van der Waals surface area contributed by atoms with E-state index in [1.54, 1.807) is 7.11 Å². The van der Waals surface area contributed by atoms with Crippen molar-refractivity contribution in [3.63, 3.8) is 0 Å². The Morgan fingerprint density at radius 2 is 1.68 bits per heavy atom. The number of hydrogen-bond acceptors (Lipinski definition) is 2. The summed E-state index contributed by atoms with van der Waals surface area (Å²) in [5.74, 6) is 3.99. The molecule has 3 heteroatoms. The van der Waals surface area contributed by atoms with E-state index < -0.39 is 8.32 Å². The Hall–Kier alpha value is -1.48. The van der Waals surface area contributed by atoms with Crippen LogP contribution in [0.2, 0.25) is 19.6 Å². The van der Waals surface area contributed by atoms with Gasteiger partial charge < -0.3 is 9.16 Å². The van der Waals surface area contributed by atoms with Crippen LogP contribution in [0.15, 0.2) is 48.3 Å². The van der Waals surface area contributed by atoms with Crippen LogP contribution in [0, 0.1) is 28.6 Å². The first-order valence-corrected chi connectivity index (χ1v) is 15.8. The summed E-state index contributed by atoms with van der Waals surface area (Å²) in [6.07, 6.45) is 15.8. The van der Waals surface area contributed by atoms with Crippen molar-refractivity contribution in [1.82, 2.24) is 0 Å². The van der Waals surface area contributed by atoms with Crippen LogP contribution in [0.4, 0.5) is 0 Å². The average molecular weight is 437 g/mol. The van der Waals surface area contributed by atoms with Gasteiger partial charge in [-0.15, -0.1) is 0 Å². The first-order valence-electron chi connectivity index (χ1n) is 12.4. The van der Waals surface area contributed by atoms with E-state index in [0.717, 1.165) is 5.75 Å². The zero-order valence-electron chi connectivity index (χ0n) is 20.3. The molecule has 31 heavy (non-hydrogen) atoms. The van der Waals surface area contributed by atoms with Gasteiger partial charge in [0.15, 0.2) is 0 Å². The van der Waals surface area contributed by atoms with Gasteiger partial charge in [0.05, 0.1) is 12.9 Å². The molecule has 4 aliphatic rings. The molecule has 0 aliphatic heterocycles. The molecule has 0 radical (unpaired) electrons. The van der Waals surface area contributed by atoms with Crippen molar-refractivity contribution >= 4 is 8.32 Å². The fraction of sp³-hybridized carbons (Fsp3) is 0.643. The van der Waals surface area contributed by atoms with Crippen LogP contribution in [0.3, 0.4) is 0 Å². The van der Waals surface area contributed by atoms with Gasteiger partial charge in [0.2, 0.25) is 8.32 Å². The molecule has 4 aliphatic carbocycles. The number of hydrogen-bond donors (Lipinski definition) is 0. The molecule has 0 aromatic heterocycles. The minimum absolute atomic E-state index is 0.0138. The molecule has 2 bridgehead atoms. The quantitative estimate of drug-likeness (QED) is 0.360. The van der Waals surface area contributed by atoms with Crippen molar-refractivity contribution < 1.29 is 9.16 Å². The smallest absolute Gasteiger partial charge is 0.241 e. The summed E-state index contributed by atoms with van der Waals surface area (Å²) in [6, 6.07) is 9.03. The number of rotatable bonds is 4. The minimum atomic E-state index is -1.72. The summed E-state index contributed by atoms with van der Waals surface area (Å²) in [4.78, 5) is 0. The van der Waals surface area contributed by atoms with E-state index in [0.29, 0.717) is 23.2 Å². The predicted molar refractivity (Wildman–Crippen MR) is 131 cm³/mol. The predicted octanol–water partition coefficient (Wildman–Crippen LogP) is 7.48. The van der Waals surface area contributed by atoms with Crippen molar-refractivity contribution in [1.29, 1.82) is 0 Å². The largest absolute Gasteiger partial charge is 0.547 e. The Kier molecular flexibility index (Phi) is 4.83. The lowest BCUT2D eigenvalue weighted by atomic mass is 9.52. The Balaban J connectivity index is 1.74. The van der Waals surface area contributed by atoms with Crippen LogP contribution in [0.5, 0.6) is 5.75 Å². The third-order valence-corrected chi connectivity index (χ3v) is 10.2. The van der Waals surface area contributed by atoms with Gasteiger partial charge in [-0.2, -0.15) is 0 Å². The van der Waals surface area contributed by atoms with E-state index in [-0.39, 0.29) is 10.8 Å². The van der Waals surface area contributed by atoms with Crippen molar-refractivity contribution in [3.8, 4) is 5.75 Å². The number of methoxy groups -OCH3 is 1. The topological polar surface area (TPSA) is 18.5 Å². The standard InChI is InChI=1S/C28H40O2Si/c1-20-9-14-23-25(24(19-20)30-31(4,5)6)28(21-10-12-22(29-3)13-11-21)18-17-27(23)16-8-7-15-26(27,28)2/h10-13,17-20,23,25H,7-9,14-16H2,1-6H3/t20-,23-,25-,26-,27-,28+/m0/s1. The molecular formula is C28H40O2Si. The summed E-state index contributed by atoms with van der Waals surface area (Å²) in [5.41, 5.74) is 2.04. The highest BCUT2D eigenvalue weighted by Crippen LogP contribution is 2.80. The molecule has 2 nitrogen and oxygen atoms in total. The normalized spacial score (nSPS) is 41.2. The highest BCUT2D eigenvalue weighted by Gasteiger charge is 2.76. The Bertz CT molecular complexity index is 910. The molecule has 0 spiro atoms. The molecule has 2 fully saturated rings. The first-order chi connectivity index (χ1) is 14.7. The van der Waals surface area contributed by atoms with Gasteiger partial charge >= 0.3 is 0 Å². The average Bonchev–Trinajstić information content (AvgIpc) is 3.02. The lowest BCUT2D eigenvalue weighted by molar-refractivity contribution is 0.0303. The van der Waals surface area contributed by atoms with Gasteiger partial charge in [-0.3, -0.25) is 0 Å². The summed E-state index contributed by atoms with van der Waals surface area (Å²) in [7, 11) is 0.0407. The fourth-order valence-electron chi connectivity index (χ4n) is 8.18. The molecule has 1 aromatic rings. The molecule has 0 unspecified atom stereocenters. The van der Waals surface area contributed by atoms with Crippen molar-refractivity contribution in [3.05, 3.63) is 53.8 Å². The summed E-state index contributed by atoms with van der Waals surface area (Å²) in [6.45, 7) is 12.0. The van der Waals surface area contributed by atoms with Crippen LogP contribution >= 0.6 is 0 Å². The molecule has 0 saturated heterocycles. The molecule has 6 atom stereocenters. The zero-order valence-corrected chi connectivity index (χ0v) is 21.3. The summed E-state index contributed by atoms with van der Waals surface area (Å²) < 4.78 is 12.5. The van der Waals surface area contributed by atoms with Gasteiger partial charge in [-0.25, -0.2) is 0 Å². The maximum atomic E-state index is 6.98. The van der Waals surface area contributed by atoms with Gasteiger partial charge in [-0.1, -0.05) is 51.0 Å². The van der Waals surface area contributed by atoms with Gasteiger partial charge in [0.1, 0.15) is 5.75 Å². The second-order valence-corrected chi connectivity index (χ2v) is 16.4. The third kappa shape index (κ3) is 2.81. The Morgan fingerprint density at radius 3 is 2.35 bits per heavy atom. The van der Waals surface area contributed by atoms with Crippen LogP contribution in [-0.4, -0.2) is 15.4 Å². The SMILES string of the molecule is COc1ccc([C@@]23C=C[C@@]4(CCCC[C@@]42C)[C@H]2CC[C@H](C)C=C(O[Si](C)(C)C)[C@H]23)cc1. The lowest BCUT2D eigenvalue weighted by Gasteiger charge is -2.51. The molecule has 0 N–H and O–H groups in total. The van der Waals surface area contributed by atoms with Crippen LogP contribution in [-0.2, 0) is 9.84 Å². The third-order valence-electron chi connectivity index (χ3n) is 9.34. The van der Waals surface area contributed by atoms with Crippen molar-refractivity contribution in [2.24, 2.45) is 28.6 Å². The van der Waals surface area contributed by atoms with Crippen molar-refractivity contribution in [2.45, 2.75) is 77.4 Å². The molecule has 0 amide bonds. The molecule has 1 aromatic carbocycles. The van der Waals surface area contributed by atoms with E-state index in [2.05, 4.69) is 76.0 Å². The Labute approximate surface area is 190 Å². The molecule has 2 saturated carbocycles. The number of benzene rings is 1. The number of ether oxygens (including phenoxy) is 1. The fourth-order valence-corrected chi connectivity index (χ4v) is 9.08. The molecule has 0 heterocycles. The highest BCUT2D eigenvalue weighted by atomic mass is 28.4. The maximum Gasteiger partial charge on any atom is 0.241 e. The monoisotopic (exact) mass is 436 g/mol. The molecule has 168 valence electrons. The second kappa shape index (κ2) is 7.01. The minimum Gasteiger partial charge on any atom is -0.547 e. The van der Waals surface area contributed by atoms with Crippen molar-refractivity contribution in [2.75, 3.05) is 7.11 Å². The number of allylic oxidation sites excluding steroid dienone is 4. The van der Waals surface area contributed by atoms with Gasteiger partial charge in [0, 0.05) is 11.3 Å². The van der Waals surface area contributed by atoms with E-state index in [4.69, 9.17) is 9.16 Å². The second-order valence-electron chi connectivity index (χ2n) is 11.9. The van der Waals surface area contributed by atoms with Crippen LogP contribution in [0.25, 0.3) is 0 Å². The summed E-state index contributed by atoms with van der Waals surface area (Å²) >= 11 is 0. The van der Waals surface area contributed by atoms with Crippen LogP contribution in [0.1, 0.15) is 57.9 Å². The van der Waals surface area contributed by atoms with E-state index in [9.17, 15) is 0 Å². The zero-order chi connectivity index (χ0) is 22.1. The Morgan fingerprint density at radius 1 is 0.968 bits per heavy atom. The van der Waals surface area contributed by atoms with E-state index in [1.165, 1.54) is 49.8 Å². The lowest BCUT2D eigenvalue weighted by Crippen LogP contribution is -2.47. The molecule has 5 rings (SSSR count). The van der Waals surface area contributed by atoms with Crippen LogP contribution < -0.4 is 4.74 Å². The first kappa shape index (κ1) is 21.4. The van der Waals surface area contributed by atoms with Gasteiger partial charge in [-0.05, 0) is 91.8 Å². The maximum absolute atomic E-state index is 6.98. The van der Waals surface area contributed by atoms with E-state index >= 15 is 0 Å². The number of fused-ring (bicyclic) bond motifs is 2. The highest BCUT2D eigenvalue weighted by molar-refractivity contribution is 6.70. The molecular weight excluding hydrogens is 396 g/mol.